The molecule has 5 rings (SSSR count). The number of morpholine rings is 1. The first-order chi connectivity index (χ1) is 14.7. The maximum absolute atomic E-state index is 12.2. The first-order valence-corrected chi connectivity index (χ1v) is 10.1. The molecule has 4 aromatic rings. The Morgan fingerprint density at radius 1 is 1.00 bits per heavy atom. The number of imidazole rings is 1. The van der Waals surface area contributed by atoms with Gasteiger partial charge in [0.1, 0.15) is 17.5 Å². The predicted octanol–water partition coefficient (Wildman–Crippen LogP) is 2.75. The van der Waals surface area contributed by atoms with Crippen molar-refractivity contribution in [2.45, 2.75) is 6.42 Å². The first-order valence-electron chi connectivity index (χ1n) is 10.1. The van der Waals surface area contributed by atoms with Crippen LogP contribution in [0.3, 0.4) is 0 Å². The highest BCUT2D eigenvalue weighted by Crippen LogP contribution is 2.25. The van der Waals surface area contributed by atoms with Crippen LogP contribution in [0.25, 0.3) is 22.2 Å². The van der Waals surface area contributed by atoms with Crippen molar-refractivity contribution in [3.8, 4) is 11.1 Å². The van der Waals surface area contributed by atoms with Gasteiger partial charge in [-0.05, 0) is 23.3 Å². The Hall–Kier alpha value is -3.45. The number of ether oxygens (including phenoxy) is 1. The Morgan fingerprint density at radius 3 is 2.60 bits per heavy atom. The van der Waals surface area contributed by atoms with E-state index in [-0.39, 0.29) is 5.56 Å². The monoisotopic (exact) mass is 401 g/mol. The summed E-state index contributed by atoms with van der Waals surface area (Å²) < 4.78 is 7.47. The molecule has 0 unspecified atom stereocenters. The minimum Gasteiger partial charge on any atom is -0.378 e. The van der Waals surface area contributed by atoms with Crippen LogP contribution in [-0.4, -0.2) is 45.8 Å². The number of nitrogens with zero attached hydrogens (tertiary/aromatic N) is 4. The number of hydrogen-bond acceptors (Lipinski definition) is 5. The predicted molar refractivity (Wildman–Crippen MR) is 117 cm³/mol. The third-order valence-electron chi connectivity index (χ3n) is 5.52. The average molecular weight is 401 g/mol. The Balaban J connectivity index is 1.47. The zero-order chi connectivity index (χ0) is 20.5. The van der Waals surface area contributed by atoms with Crippen molar-refractivity contribution >= 4 is 16.9 Å². The SMILES string of the molecule is Cn1c(Cc2nc(N3CCOCC3)cc(=O)[nH]2)nc2ccc(-c3ccccc3)cc21. The van der Waals surface area contributed by atoms with Gasteiger partial charge in [-0.3, -0.25) is 4.79 Å². The average Bonchev–Trinajstić information content (AvgIpc) is 3.09. The van der Waals surface area contributed by atoms with E-state index in [1.807, 2.05) is 31.3 Å². The summed E-state index contributed by atoms with van der Waals surface area (Å²) in [7, 11) is 2.00. The lowest BCUT2D eigenvalue weighted by Crippen LogP contribution is -2.37. The number of benzene rings is 2. The molecule has 1 N–H and O–H groups in total. The quantitative estimate of drug-likeness (QED) is 0.569. The molecular formula is C23H23N5O2. The van der Waals surface area contributed by atoms with Crippen molar-refractivity contribution in [1.82, 2.24) is 19.5 Å². The Kier molecular flexibility index (Phi) is 4.80. The maximum Gasteiger partial charge on any atom is 0.252 e. The van der Waals surface area contributed by atoms with Crippen LogP contribution in [0.15, 0.2) is 59.4 Å². The van der Waals surface area contributed by atoms with Crippen molar-refractivity contribution in [3.05, 3.63) is 76.6 Å². The maximum atomic E-state index is 12.2. The van der Waals surface area contributed by atoms with Gasteiger partial charge in [0, 0.05) is 26.2 Å². The molecule has 1 aliphatic rings. The highest BCUT2D eigenvalue weighted by molar-refractivity contribution is 5.82. The number of H-pyrrole nitrogens is 1. The van der Waals surface area contributed by atoms with Crippen molar-refractivity contribution < 1.29 is 4.74 Å². The van der Waals surface area contributed by atoms with Gasteiger partial charge in [0.15, 0.2) is 0 Å². The molecule has 7 heteroatoms. The molecule has 1 fully saturated rings. The highest BCUT2D eigenvalue weighted by Gasteiger charge is 2.16. The summed E-state index contributed by atoms with van der Waals surface area (Å²) >= 11 is 0. The van der Waals surface area contributed by atoms with E-state index >= 15 is 0 Å². The Bertz CT molecular complexity index is 1240. The van der Waals surface area contributed by atoms with Gasteiger partial charge in [-0.1, -0.05) is 36.4 Å². The number of hydrogen-bond donors (Lipinski definition) is 1. The van der Waals surface area contributed by atoms with Crippen LogP contribution in [0.5, 0.6) is 0 Å². The zero-order valence-corrected chi connectivity index (χ0v) is 16.8. The molecule has 0 radical (unpaired) electrons. The van der Waals surface area contributed by atoms with Gasteiger partial charge in [-0.2, -0.15) is 0 Å². The highest BCUT2D eigenvalue weighted by atomic mass is 16.5. The normalized spacial score (nSPS) is 14.4. The van der Waals surface area contributed by atoms with Crippen LogP contribution in [-0.2, 0) is 18.2 Å². The lowest BCUT2D eigenvalue weighted by Gasteiger charge is -2.27. The van der Waals surface area contributed by atoms with Crippen LogP contribution in [0, 0.1) is 0 Å². The summed E-state index contributed by atoms with van der Waals surface area (Å²) in [6, 6.07) is 18.1. The smallest absolute Gasteiger partial charge is 0.252 e. The number of aromatic amines is 1. The number of nitrogens with one attached hydrogen (secondary N) is 1. The molecule has 1 aliphatic heterocycles. The molecule has 7 nitrogen and oxygen atoms in total. The van der Waals surface area contributed by atoms with Crippen molar-refractivity contribution in [2.75, 3.05) is 31.2 Å². The van der Waals surface area contributed by atoms with E-state index in [2.05, 4.69) is 38.7 Å². The van der Waals surface area contributed by atoms with E-state index in [1.165, 1.54) is 5.56 Å². The minimum atomic E-state index is -0.147. The van der Waals surface area contributed by atoms with E-state index in [9.17, 15) is 4.79 Å². The van der Waals surface area contributed by atoms with E-state index in [0.29, 0.717) is 31.3 Å². The van der Waals surface area contributed by atoms with Gasteiger partial charge in [-0.15, -0.1) is 0 Å². The van der Waals surface area contributed by atoms with Crippen LogP contribution in [0.4, 0.5) is 5.82 Å². The summed E-state index contributed by atoms with van der Waals surface area (Å²) in [5, 5.41) is 0. The first kappa shape index (κ1) is 18.6. The van der Waals surface area contributed by atoms with Gasteiger partial charge in [0.2, 0.25) is 0 Å². The third kappa shape index (κ3) is 3.59. The van der Waals surface area contributed by atoms with Crippen molar-refractivity contribution in [1.29, 1.82) is 0 Å². The Labute approximate surface area is 174 Å². The van der Waals surface area contributed by atoms with Crippen molar-refractivity contribution in [2.24, 2.45) is 7.05 Å². The zero-order valence-electron chi connectivity index (χ0n) is 16.8. The molecule has 0 bridgehead atoms. The fraction of sp³-hybridized carbons (Fsp3) is 0.261. The molecular weight excluding hydrogens is 378 g/mol. The molecule has 30 heavy (non-hydrogen) atoms. The minimum absolute atomic E-state index is 0.147. The molecule has 0 atom stereocenters. The largest absolute Gasteiger partial charge is 0.378 e. The second-order valence-corrected chi connectivity index (χ2v) is 7.48. The molecule has 0 amide bonds. The number of aromatic nitrogens is 4. The van der Waals surface area contributed by atoms with E-state index < -0.39 is 0 Å². The van der Waals surface area contributed by atoms with Crippen molar-refractivity contribution in [3.63, 3.8) is 0 Å². The molecule has 0 aliphatic carbocycles. The lowest BCUT2D eigenvalue weighted by molar-refractivity contribution is 0.122. The van der Waals surface area contributed by atoms with Crippen LogP contribution >= 0.6 is 0 Å². The molecule has 3 heterocycles. The summed E-state index contributed by atoms with van der Waals surface area (Å²) in [4.78, 5) is 26.6. The lowest BCUT2D eigenvalue weighted by atomic mass is 10.1. The number of rotatable bonds is 4. The van der Waals surface area contributed by atoms with Gasteiger partial charge in [-0.25, -0.2) is 9.97 Å². The summed E-state index contributed by atoms with van der Waals surface area (Å²) in [5.74, 6) is 2.17. The van der Waals surface area contributed by atoms with E-state index in [4.69, 9.17) is 14.7 Å². The van der Waals surface area contributed by atoms with E-state index in [0.717, 1.165) is 35.5 Å². The summed E-state index contributed by atoms with van der Waals surface area (Å²) in [6.07, 6.45) is 0.458. The fourth-order valence-corrected chi connectivity index (χ4v) is 3.89. The summed E-state index contributed by atoms with van der Waals surface area (Å²) in [6.45, 7) is 2.78. The van der Waals surface area contributed by atoms with E-state index in [1.54, 1.807) is 6.07 Å². The van der Waals surface area contributed by atoms with Gasteiger partial charge < -0.3 is 19.2 Å². The number of aryl methyl sites for hydroxylation is 1. The third-order valence-corrected chi connectivity index (χ3v) is 5.52. The second kappa shape index (κ2) is 7.76. The van der Waals surface area contributed by atoms with Crippen LogP contribution < -0.4 is 10.5 Å². The van der Waals surface area contributed by atoms with Crippen LogP contribution in [0.1, 0.15) is 11.6 Å². The standard InChI is InChI=1S/C23H23N5O2/c1-27-19-13-17(16-5-3-2-4-6-16)7-8-18(19)24-21(27)14-20-25-22(15-23(29)26-20)28-9-11-30-12-10-28/h2-8,13,15H,9-12,14H2,1H3,(H,25,26,29). The molecule has 2 aromatic carbocycles. The Morgan fingerprint density at radius 2 is 1.80 bits per heavy atom. The molecule has 2 aromatic heterocycles. The molecule has 0 saturated carbocycles. The van der Waals surface area contributed by atoms with Gasteiger partial charge >= 0.3 is 0 Å². The van der Waals surface area contributed by atoms with Crippen LogP contribution in [0.2, 0.25) is 0 Å². The van der Waals surface area contributed by atoms with Gasteiger partial charge in [0.05, 0.1) is 30.7 Å². The topological polar surface area (TPSA) is 76.0 Å². The molecule has 152 valence electrons. The van der Waals surface area contributed by atoms with Gasteiger partial charge in [0.25, 0.3) is 5.56 Å². The second-order valence-electron chi connectivity index (χ2n) is 7.48. The molecule has 0 spiro atoms. The number of anilines is 1. The fourth-order valence-electron chi connectivity index (χ4n) is 3.89. The summed E-state index contributed by atoms with van der Waals surface area (Å²) in [5.41, 5.74) is 4.16. The number of fused-ring (bicyclic) bond motifs is 1. The molecule has 1 saturated heterocycles.